The molecule has 124 valence electrons. The lowest BCUT2D eigenvalue weighted by Gasteiger charge is -2.13. The van der Waals surface area contributed by atoms with Gasteiger partial charge < -0.3 is 9.15 Å². The summed E-state index contributed by atoms with van der Waals surface area (Å²) < 4.78 is 11.2. The van der Waals surface area contributed by atoms with Crippen molar-refractivity contribution in [2.24, 2.45) is 0 Å². The maximum Gasteiger partial charge on any atom is 0.253 e. The molecular weight excluding hydrogens is 304 g/mol. The zero-order valence-corrected chi connectivity index (χ0v) is 13.6. The first-order valence-electron chi connectivity index (χ1n) is 7.86. The Kier molecular flexibility index (Phi) is 5.52. The number of pyridine rings is 1. The van der Waals surface area contributed by atoms with Gasteiger partial charge >= 0.3 is 0 Å². The molecule has 0 radical (unpaired) electrons. The van der Waals surface area contributed by atoms with Gasteiger partial charge in [0.2, 0.25) is 5.89 Å². The van der Waals surface area contributed by atoms with E-state index in [0.717, 1.165) is 18.7 Å². The predicted molar refractivity (Wildman–Crippen MR) is 89.3 cm³/mol. The van der Waals surface area contributed by atoms with Gasteiger partial charge in [0.05, 0.1) is 6.54 Å². The van der Waals surface area contributed by atoms with E-state index in [1.165, 1.54) is 5.56 Å². The smallest absolute Gasteiger partial charge is 0.253 e. The lowest BCUT2D eigenvalue weighted by molar-refractivity contribution is 0.244. The van der Waals surface area contributed by atoms with E-state index in [2.05, 4.69) is 20.1 Å². The van der Waals surface area contributed by atoms with Gasteiger partial charge in [-0.1, -0.05) is 18.2 Å². The minimum Gasteiger partial charge on any atom is -0.484 e. The summed E-state index contributed by atoms with van der Waals surface area (Å²) in [5, 5.41) is 8.10. The van der Waals surface area contributed by atoms with Crippen molar-refractivity contribution < 1.29 is 9.15 Å². The van der Waals surface area contributed by atoms with Gasteiger partial charge in [-0.25, -0.2) is 0 Å². The van der Waals surface area contributed by atoms with E-state index in [0.29, 0.717) is 18.3 Å². The average molecular weight is 324 g/mol. The second-order valence-electron chi connectivity index (χ2n) is 5.53. The number of hydrogen-bond donors (Lipinski definition) is 0. The van der Waals surface area contributed by atoms with Crippen molar-refractivity contribution >= 4 is 0 Å². The Bertz CT molecular complexity index is 731. The molecule has 0 fully saturated rings. The zero-order chi connectivity index (χ0) is 16.6. The van der Waals surface area contributed by atoms with E-state index >= 15 is 0 Å². The van der Waals surface area contributed by atoms with E-state index in [-0.39, 0.29) is 6.61 Å². The Labute approximate surface area is 141 Å². The van der Waals surface area contributed by atoms with Crippen molar-refractivity contribution in [1.29, 1.82) is 0 Å². The molecule has 0 saturated heterocycles. The summed E-state index contributed by atoms with van der Waals surface area (Å²) in [6, 6.07) is 13.6. The van der Waals surface area contributed by atoms with Crippen LogP contribution in [0.4, 0.5) is 0 Å². The van der Waals surface area contributed by atoms with Crippen LogP contribution in [0.5, 0.6) is 5.75 Å². The van der Waals surface area contributed by atoms with E-state index in [9.17, 15) is 0 Å². The van der Waals surface area contributed by atoms with Gasteiger partial charge in [-0.05, 0) is 43.3 Å². The fraction of sp³-hybridized carbons (Fsp3) is 0.278. The molecule has 0 unspecified atom stereocenters. The number of aromatic nitrogens is 3. The summed E-state index contributed by atoms with van der Waals surface area (Å²) in [5.41, 5.74) is 1.26. The van der Waals surface area contributed by atoms with Crippen LogP contribution in [0.3, 0.4) is 0 Å². The first-order chi connectivity index (χ1) is 11.8. The molecule has 0 aliphatic heterocycles. The Hall–Kier alpha value is -2.73. The summed E-state index contributed by atoms with van der Waals surface area (Å²) >= 11 is 0. The Balaban J connectivity index is 1.45. The molecule has 24 heavy (non-hydrogen) atoms. The van der Waals surface area contributed by atoms with E-state index in [1.54, 1.807) is 0 Å². The Morgan fingerprint density at radius 3 is 2.54 bits per heavy atom. The van der Waals surface area contributed by atoms with Crippen LogP contribution in [0.2, 0.25) is 0 Å². The average Bonchev–Trinajstić information content (AvgIpc) is 3.07. The molecule has 1 aromatic carbocycles. The minimum absolute atomic E-state index is 0.276. The summed E-state index contributed by atoms with van der Waals surface area (Å²) in [7, 11) is 2.03. The summed E-state index contributed by atoms with van der Waals surface area (Å²) in [6.07, 6.45) is 4.58. The third-order valence-electron chi connectivity index (χ3n) is 3.55. The summed E-state index contributed by atoms with van der Waals surface area (Å²) in [6.45, 7) is 1.80. The molecule has 6 heteroatoms. The van der Waals surface area contributed by atoms with E-state index in [1.807, 2.05) is 61.9 Å². The van der Waals surface area contributed by atoms with Crippen molar-refractivity contribution in [2.45, 2.75) is 19.6 Å². The largest absolute Gasteiger partial charge is 0.484 e. The standard InChI is InChI=1S/C18H20N4O2/c1-22(12-9-15-7-10-19-11-8-15)13-17-20-21-18(24-17)14-23-16-5-3-2-4-6-16/h2-8,10-11H,9,12-14H2,1H3. The van der Waals surface area contributed by atoms with Crippen LogP contribution in [0.15, 0.2) is 59.3 Å². The molecule has 3 rings (SSSR count). The first kappa shape index (κ1) is 16.1. The summed E-state index contributed by atoms with van der Waals surface area (Å²) in [5.74, 6) is 1.86. The van der Waals surface area contributed by atoms with Gasteiger partial charge in [-0.2, -0.15) is 0 Å². The van der Waals surface area contributed by atoms with Crippen LogP contribution >= 0.6 is 0 Å². The molecular formula is C18H20N4O2. The van der Waals surface area contributed by atoms with Crippen molar-refractivity contribution in [2.75, 3.05) is 13.6 Å². The minimum atomic E-state index is 0.276. The highest BCUT2D eigenvalue weighted by Gasteiger charge is 2.09. The van der Waals surface area contributed by atoms with Crippen LogP contribution in [0, 0.1) is 0 Å². The van der Waals surface area contributed by atoms with Crippen LogP contribution in [0.1, 0.15) is 17.3 Å². The van der Waals surface area contributed by atoms with Crippen molar-refractivity contribution in [3.05, 3.63) is 72.2 Å². The molecule has 6 nitrogen and oxygen atoms in total. The molecule has 2 heterocycles. The Morgan fingerprint density at radius 1 is 1.00 bits per heavy atom. The van der Waals surface area contributed by atoms with Crippen LogP contribution in [-0.2, 0) is 19.6 Å². The SMILES string of the molecule is CN(CCc1ccncc1)Cc1nnc(COc2ccccc2)o1. The highest BCUT2D eigenvalue weighted by atomic mass is 16.5. The second-order valence-corrected chi connectivity index (χ2v) is 5.53. The first-order valence-corrected chi connectivity index (χ1v) is 7.86. The third-order valence-corrected chi connectivity index (χ3v) is 3.55. The quantitative estimate of drug-likeness (QED) is 0.635. The number of hydrogen-bond acceptors (Lipinski definition) is 6. The van der Waals surface area contributed by atoms with E-state index < -0.39 is 0 Å². The fourth-order valence-corrected chi connectivity index (χ4v) is 2.25. The number of ether oxygens (including phenoxy) is 1. The summed E-state index contributed by atoms with van der Waals surface area (Å²) in [4.78, 5) is 6.17. The third kappa shape index (κ3) is 4.89. The molecule has 0 amide bonds. The number of likely N-dealkylation sites (N-methyl/N-ethyl adjacent to an activating group) is 1. The lowest BCUT2D eigenvalue weighted by Crippen LogP contribution is -2.20. The molecule has 3 aromatic rings. The van der Waals surface area contributed by atoms with Gasteiger partial charge in [0.1, 0.15) is 5.75 Å². The number of para-hydroxylation sites is 1. The van der Waals surface area contributed by atoms with Gasteiger partial charge in [-0.15, -0.1) is 10.2 Å². The highest BCUT2D eigenvalue weighted by Crippen LogP contribution is 2.11. The van der Waals surface area contributed by atoms with Crippen molar-refractivity contribution in [3.8, 4) is 5.75 Å². The van der Waals surface area contributed by atoms with E-state index in [4.69, 9.17) is 9.15 Å². The van der Waals surface area contributed by atoms with Gasteiger partial charge in [0.15, 0.2) is 6.61 Å². The lowest BCUT2D eigenvalue weighted by atomic mass is 10.2. The predicted octanol–water partition coefficient (Wildman–Crippen LogP) is 2.72. The van der Waals surface area contributed by atoms with Crippen LogP contribution in [-0.4, -0.2) is 33.7 Å². The molecule has 0 bridgehead atoms. The van der Waals surface area contributed by atoms with Gasteiger partial charge in [-0.3, -0.25) is 9.88 Å². The molecule has 0 N–H and O–H groups in total. The molecule has 0 spiro atoms. The normalized spacial score (nSPS) is 10.9. The molecule has 0 saturated carbocycles. The maximum absolute atomic E-state index is 5.63. The molecule has 0 atom stereocenters. The molecule has 2 aromatic heterocycles. The van der Waals surface area contributed by atoms with Crippen molar-refractivity contribution in [1.82, 2.24) is 20.1 Å². The Morgan fingerprint density at radius 2 is 1.75 bits per heavy atom. The number of benzene rings is 1. The van der Waals surface area contributed by atoms with Gasteiger partial charge in [0, 0.05) is 18.9 Å². The monoisotopic (exact) mass is 324 g/mol. The number of nitrogens with zero attached hydrogens (tertiary/aromatic N) is 4. The van der Waals surface area contributed by atoms with Crippen molar-refractivity contribution in [3.63, 3.8) is 0 Å². The zero-order valence-electron chi connectivity index (χ0n) is 13.6. The topological polar surface area (TPSA) is 64.3 Å². The van der Waals surface area contributed by atoms with Gasteiger partial charge in [0.25, 0.3) is 5.89 Å². The van der Waals surface area contributed by atoms with Crippen LogP contribution < -0.4 is 4.74 Å². The van der Waals surface area contributed by atoms with Crippen LogP contribution in [0.25, 0.3) is 0 Å². The molecule has 0 aliphatic carbocycles. The highest BCUT2D eigenvalue weighted by molar-refractivity contribution is 5.20. The molecule has 0 aliphatic rings. The maximum atomic E-state index is 5.63. The fourth-order valence-electron chi connectivity index (χ4n) is 2.25. The number of rotatable bonds is 8. The second kappa shape index (κ2) is 8.21.